The summed E-state index contributed by atoms with van der Waals surface area (Å²) in [5.74, 6) is -0.537. The number of amides is 3. The van der Waals surface area contributed by atoms with Gasteiger partial charge in [-0.25, -0.2) is 9.69 Å². The van der Waals surface area contributed by atoms with Gasteiger partial charge < -0.3 is 10.4 Å². The predicted octanol–water partition coefficient (Wildman–Crippen LogP) is 1.76. The van der Waals surface area contributed by atoms with Crippen LogP contribution in [0, 0.1) is 0 Å². The van der Waals surface area contributed by atoms with Gasteiger partial charge in [0.1, 0.15) is 6.23 Å². The van der Waals surface area contributed by atoms with Crippen molar-refractivity contribution in [3.05, 3.63) is 28.2 Å². The molecule has 0 radical (unpaired) electrons. The Labute approximate surface area is 107 Å². The maximum atomic E-state index is 11.7. The first-order chi connectivity index (χ1) is 8.00. The maximum absolute atomic E-state index is 11.7. The number of benzene rings is 1. The summed E-state index contributed by atoms with van der Waals surface area (Å²) in [5.41, 5.74) is 0.202. The number of imide groups is 1. The van der Waals surface area contributed by atoms with E-state index in [1.807, 2.05) is 0 Å². The lowest BCUT2D eigenvalue weighted by molar-refractivity contribution is -0.121. The van der Waals surface area contributed by atoms with Crippen molar-refractivity contribution in [2.75, 3.05) is 4.90 Å². The monoisotopic (exact) mass is 274 g/mol. The van der Waals surface area contributed by atoms with Crippen LogP contribution in [0.1, 0.15) is 6.42 Å². The summed E-state index contributed by atoms with van der Waals surface area (Å²) in [6.45, 7) is 0. The summed E-state index contributed by atoms with van der Waals surface area (Å²) < 4.78 is 0. The molecule has 2 rings (SSSR count). The van der Waals surface area contributed by atoms with E-state index >= 15 is 0 Å². The van der Waals surface area contributed by atoms with E-state index in [0.29, 0.717) is 0 Å². The van der Waals surface area contributed by atoms with Gasteiger partial charge in [0.25, 0.3) is 0 Å². The number of anilines is 1. The molecule has 1 atom stereocenters. The molecule has 3 amide bonds. The Morgan fingerprint density at radius 3 is 2.71 bits per heavy atom. The molecule has 0 aromatic heterocycles. The van der Waals surface area contributed by atoms with E-state index in [2.05, 4.69) is 5.32 Å². The maximum Gasteiger partial charge on any atom is 0.330 e. The standard InChI is InChI=1S/C10H8Cl2N2O3/c11-5-2-1-3-6(9(5)12)14-8(16)4-7(15)13-10(14)17/h1-3,7,15H,4H2,(H,13,17). The number of rotatable bonds is 1. The molecular formula is C10H8Cl2N2O3. The van der Waals surface area contributed by atoms with E-state index in [1.54, 1.807) is 12.1 Å². The highest BCUT2D eigenvalue weighted by Gasteiger charge is 2.33. The number of hydrogen-bond donors (Lipinski definition) is 2. The highest BCUT2D eigenvalue weighted by molar-refractivity contribution is 6.44. The Bertz CT molecular complexity index is 474. The van der Waals surface area contributed by atoms with Gasteiger partial charge in [-0.05, 0) is 12.1 Å². The smallest absolute Gasteiger partial charge is 0.330 e. The first-order valence-corrected chi connectivity index (χ1v) is 5.52. The molecule has 1 aromatic rings. The largest absolute Gasteiger partial charge is 0.373 e. The second kappa shape index (κ2) is 4.52. The molecule has 1 aliphatic rings. The zero-order valence-corrected chi connectivity index (χ0v) is 10.00. The molecule has 17 heavy (non-hydrogen) atoms. The number of nitrogens with zero attached hydrogens (tertiary/aromatic N) is 1. The summed E-state index contributed by atoms with van der Waals surface area (Å²) in [6, 6.07) is 3.91. The topological polar surface area (TPSA) is 69.6 Å². The third-order valence-electron chi connectivity index (χ3n) is 2.28. The molecule has 1 unspecified atom stereocenters. The van der Waals surface area contributed by atoms with Crippen LogP contribution in [0.3, 0.4) is 0 Å². The zero-order chi connectivity index (χ0) is 12.6. The molecule has 1 fully saturated rings. The summed E-state index contributed by atoms with van der Waals surface area (Å²) in [6.07, 6.45) is -1.36. The first-order valence-electron chi connectivity index (χ1n) is 4.76. The highest BCUT2D eigenvalue weighted by Crippen LogP contribution is 2.33. The highest BCUT2D eigenvalue weighted by atomic mass is 35.5. The van der Waals surface area contributed by atoms with E-state index < -0.39 is 18.2 Å². The number of urea groups is 1. The quantitative estimate of drug-likeness (QED) is 0.820. The minimum absolute atomic E-state index is 0.119. The molecule has 0 saturated carbocycles. The van der Waals surface area contributed by atoms with Gasteiger partial charge in [-0.3, -0.25) is 4.79 Å². The lowest BCUT2D eigenvalue weighted by atomic mass is 10.2. The fraction of sp³-hybridized carbons (Fsp3) is 0.200. The third kappa shape index (κ3) is 2.22. The number of carbonyl (C=O) groups is 2. The molecule has 2 N–H and O–H groups in total. The Morgan fingerprint density at radius 1 is 1.35 bits per heavy atom. The SMILES string of the molecule is O=C1CC(O)NC(=O)N1c1cccc(Cl)c1Cl. The van der Waals surface area contributed by atoms with Gasteiger partial charge in [-0.2, -0.15) is 0 Å². The average molecular weight is 275 g/mol. The normalized spacial score (nSPS) is 20.4. The van der Waals surface area contributed by atoms with E-state index in [-0.39, 0.29) is 22.2 Å². The van der Waals surface area contributed by atoms with Gasteiger partial charge in [0, 0.05) is 0 Å². The van der Waals surface area contributed by atoms with Gasteiger partial charge in [0.2, 0.25) is 5.91 Å². The van der Waals surface area contributed by atoms with Crippen LogP contribution in [-0.4, -0.2) is 23.3 Å². The third-order valence-corrected chi connectivity index (χ3v) is 3.09. The molecule has 1 aliphatic heterocycles. The van der Waals surface area contributed by atoms with Crippen molar-refractivity contribution in [1.29, 1.82) is 0 Å². The molecular weight excluding hydrogens is 267 g/mol. The van der Waals surface area contributed by atoms with Crippen molar-refractivity contribution >= 4 is 40.8 Å². The van der Waals surface area contributed by atoms with Crippen molar-refractivity contribution in [2.24, 2.45) is 0 Å². The lowest BCUT2D eigenvalue weighted by Crippen LogP contribution is -2.55. The van der Waals surface area contributed by atoms with E-state index in [4.69, 9.17) is 23.2 Å². The Kier molecular flexibility index (Phi) is 3.24. The zero-order valence-electron chi connectivity index (χ0n) is 8.48. The lowest BCUT2D eigenvalue weighted by Gasteiger charge is -2.29. The van der Waals surface area contributed by atoms with Crippen LogP contribution in [0.25, 0.3) is 0 Å². The summed E-state index contributed by atoms with van der Waals surface area (Å²) in [7, 11) is 0. The number of halogens is 2. The Morgan fingerprint density at radius 2 is 2.06 bits per heavy atom. The van der Waals surface area contributed by atoms with Crippen molar-refractivity contribution in [3.63, 3.8) is 0 Å². The van der Waals surface area contributed by atoms with E-state index in [0.717, 1.165) is 4.90 Å². The molecule has 1 heterocycles. The van der Waals surface area contributed by atoms with Gasteiger partial charge in [0.05, 0.1) is 22.2 Å². The molecule has 5 nitrogen and oxygen atoms in total. The van der Waals surface area contributed by atoms with Crippen molar-refractivity contribution in [3.8, 4) is 0 Å². The van der Waals surface area contributed by atoms with Gasteiger partial charge >= 0.3 is 6.03 Å². The molecule has 0 spiro atoms. The molecule has 0 aliphatic carbocycles. The van der Waals surface area contributed by atoms with Crippen molar-refractivity contribution < 1.29 is 14.7 Å². The van der Waals surface area contributed by atoms with E-state index in [1.165, 1.54) is 6.07 Å². The van der Waals surface area contributed by atoms with Crippen LogP contribution in [0.15, 0.2) is 18.2 Å². The minimum Gasteiger partial charge on any atom is -0.373 e. The van der Waals surface area contributed by atoms with Gasteiger partial charge in [-0.1, -0.05) is 29.3 Å². The fourth-order valence-electron chi connectivity index (χ4n) is 1.54. The van der Waals surface area contributed by atoms with Gasteiger partial charge in [-0.15, -0.1) is 0 Å². The molecule has 1 saturated heterocycles. The average Bonchev–Trinajstić information content (AvgIpc) is 2.23. The van der Waals surface area contributed by atoms with Crippen LogP contribution < -0.4 is 10.2 Å². The molecule has 1 aromatic carbocycles. The second-order valence-corrected chi connectivity index (χ2v) is 4.26. The molecule has 7 heteroatoms. The number of aliphatic hydroxyl groups is 1. The number of aliphatic hydroxyl groups excluding tert-OH is 1. The number of carbonyl (C=O) groups excluding carboxylic acids is 2. The van der Waals surface area contributed by atoms with Gasteiger partial charge in [0.15, 0.2) is 0 Å². The second-order valence-electron chi connectivity index (χ2n) is 3.47. The van der Waals surface area contributed by atoms with Crippen LogP contribution in [0.2, 0.25) is 10.0 Å². The van der Waals surface area contributed by atoms with Crippen molar-refractivity contribution in [1.82, 2.24) is 5.32 Å². The number of nitrogens with one attached hydrogen (secondary N) is 1. The molecule has 90 valence electrons. The minimum atomic E-state index is -1.16. The van der Waals surface area contributed by atoms with Crippen molar-refractivity contribution in [2.45, 2.75) is 12.6 Å². The predicted molar refractivity (Wildman–Crippen MR) is 63.1 cm³/mol. The number of hydrogen-bond acceptors (Lipinski definition) is 3. The van der Waals surface area contributed by atoms with Crippen LogP contribution in [0.4, 0.5) is 10.5 Å². The van der Waals surface area contributed by atoms with E-state index in [9.17, 15) is 14.7 Å². The summed E-state index contributed by atoms with van der Waals surface area (Å²) in [4.78, 5) is 24.2. The molecule has 0 bridgehead atoms. The Hall–Kier alpha value is -1.30. The van der Waals surface area contributed by atoms with Crippen LogP contribution in [0.5, 0.6) is 0 Å². The Balaban J connectivity index is 2.42. The van der Waals surface area contributed by atoms with Crippen LogP contribution >= 0.6 is 23.2 Å². The first kappa shape index (κ1) is 12.2. The summed E-state index contributed by atoms with van der Waals surface area (Å²) in [5, 5.41) is 11.8. The fourth-order valence-corrected chi connectivity index (χ4v) is 1.92. The summed E-state index contributed by atoms with van der Waals surface area (Å²) >= 11 is 11.7. The van der Waals surface area contributed by atoms with Crippen LogP contribution in [-0.2, 0) is 4.79 Å².